The lowest BCUT2D eigenvalue weighted by atomic mass is 9.63. The van der Waals surface area contributed by atoms with Crippen LogP contribution in [0.25, 0.3) is 0 Å². The van der Waals surface area contributed by atoms with Gasteiger partial charge in [-0.05, 0) is 37.2 Å². The van der Waals surface area contributed by atoms with Crippen molar-refractivity contribution in [3.8, 4) is 0 Å². The summed E-state index contributed by atoms with van der Waals surface area (Å²) < 4.78 is 0. The van der Waals surface area contributed by atoms with Crippen LogP contribution in [0.5, 0.6) is 0 Å². The van der Waals surface area contributed by atoms with Crippen LogP contribution < -0.4 is 0 Å². The van der Waals surface area contributed by atoms with Crippen LogP contribution in [0.3, 0.4) is 0 Å². The van der Waals surface area contributed by atoms with Crippen molar-refractivity contribution < 1.29 is 4.79 Å². The Kier molecular flexibility index (Phi) is 2.05. The predicted molar refractivity (Wildman–Crippen MR) is 53.4 cm³/mol. The van der Waals surface area contributed by atoms with Crippen LogP contribution in [-0.4, -0.2) is 5.78 Å². The highest BCUT2D eigenvalue weighted by atomic mass is 16.1. The molecule has 0 amide bonds. The monoisotopic (exact) mass is 178 g/mol. The van der Waals surface area contributed by atoms with Crippen LogP contribution in [0, 0.1) is 11.3 Å². The quantitative estimate of drug-likeness (QED) is 0.557. The Balaban J connectivity index is 2.31. The van der Waals surface area contributed by atoms with E-state index in [9.17, 15) is 4.79 Å². The summed E-state index contributed by atoms with van der Waals surface area (Å²) in [5.41, 5.74) is 1.80. The van der Waals surface area contributed by atoms with E-state index in [-0.39, 0.29) is 5.92 Å². The number of carbonyl (C=O) groups excluding carboxylic acids is 1. The van der Waals surface area contributed by atoms with E-state index in [1.165, 1.54) is 24.8 Å². The van der Waals surface area contributed by atoms with Crippen molar-refractivity contribution in [1.82, 2.24) is 0 Å². The molecule has 2 aliphatic carbocycles. The Hall–Kier alpha value is -0.590. The van der Waals surface area contributed by atoms with E-state index in [1.807, 2.05) is 6.08 Å². The van der Waals surface area contributed by atoms with Gasteiger partial charge in [0.2, 0.25) is 0 Å². The van der Waals surface area contributed by atoms with E-state index >= 15 is 0 Å². The average molecular weight is 178 g/mol. The van der Waals surface area contributed by atoms with Gasteiger partial charge in [0.15, 0.2) is 5.78 Å². The molecule has 2 aliphatic rings. The first kappa shape index (κ1) is 8.98. The van der Waals surface area contributed by atoms with E-state index in [2.05, 4.69) is 13.8 Å². The van der Waals surface area contributed by atoms with Crippen molar-refractivity contribution in [2.45, 2.75) is 46.0 Å². The molecule has 0 aromatic rings. The van der Waals surface area contributed by atoms with Crippen molar-refractivity contribution in [3.05, 3.63) is 11.6 Å². The highest BCUT2D eigenvalue weighted by Gasteiger charge is 2.37. The molecule has 13 heavy (non-hydrogen) atoms. The molecule has 2 rings (SSSR count). The molecule has 72 valence electrons. The van der Waals surface area contributed by atoms with Gasteiger partial charge in [-0.1, -0.05) is 25.8 Å². The van der Waals surface area contributed by atoms with Crippen molar-refractivity contribution in [2.24, 2.45) is 11.3 Å². The third-order valence-corrected chi connectivity index (χ3v) is 3.76. The summed E-state index contributed by atoms with van der Waals surface area (Å²) >= 11 is 0. The van der Waals surface area contributed by atoms with Gasteiger partial charge in [0.25, 0.3) is 0 Å². The van der Waals surface area contributed by atoms with Gasteiger partial charge in [0.05, 0.1) is 0 Å². The molecule has 1 fully saturated rings. The zero-order valence-electron chi connectivity index (χ0n) is 8.60. The summed E-state index contributed by atoms with van der Waals surface area (Å²) in [4.78, 5) is 11.5. The van der Waals surface area contributed by atoms with Crippen molar-refractivity contribution >= 4 is 5.78 Å². The second kappa shape index (κ2) is 2.97. The molecule has 1 saturated carbocycles. The van der Waals surface area contributed by atoms with Gasteiger partial charge in [-0.15, -0.1) is 0 Å². The topological polar surface area (TPSA) is 17.1 Å². The number of allylic oxidation sites excluding steroid dienone is 2. The molecule has 2 atom stereocenters. The third kappa shape index (κ3) is 1.45. The summed E-state index contributed by atoms with van der Waals surface area (Å²) in [6.07, 6.45) is 8.09. The second-order valence-corrected chi connectivity index (χ2v) is 4.94. The number of hydrogen-bond acceptors (Lipinski definition) is 1. The molecule has 0 aromatic carbocycles. The van der Waals surface area contributed by atoms with Gasteiger partial charge in [0, 0.05) is 5.92 Å². The van der Waals surface area contributed by atoms with Crippen LogP contribution in [0.2, 0.25) is 0 Å². The van der Waals surface area contributed by atoms with Crippen molar-refractivity contribution in [3.63, 3.8) is 0 Å². The first-order valence-corrected chi connectivity index (χ1v) is 5.37. The number of fused-ring (bicyclic) bond motifs is 1. The molecule has 0 aliphatic heterocycles. The third-order valence-electron chi connectivity index (χ3n) is 3.76. The standard InChI is InChI=1S/C12H18O/c1-9-8-12(2)6-4-3-5-10(12)7-11(9)13/h7,9H,3-6,8H2,1-2H3/t9-,12+/m1/s1. The number of hydrogen-bond donors (Lipinski definition) is 0. The van der Waals surface area contributed by atoms with Gasteiger partial charge in [-0.3, -0.25) is 4.79 Å². The second-order valence-electron chi connectivity index (χ2n) is 4.94. The van der Waals surface area contributed by atoms with Gasteiger partial charge in [-0.2, -0.15) is 0 Å². The molecule has 0 bridgehead atoms. The Morgan fingerprint density at radius 3 is 3.00 bits per heavy atom. The van der Waals surface area contributed by atoms with E-state index in [4.69, 9.17) is 0 Å². The maximum absolute atomic E-state index is 11.5. The summed E-state index contributed by atoms with van der Waals surface area (Å²) in [6, 6.07) is 0. The maximum Gasteiger partial charge on any atom is 0.158 e. The van der Waals surface area contributed by atoms with E-state index in [1.54, 1.807) is 0 Å². The highest BCUT2D eigenvalue weighted by Crippen LogP contribution is 2.47. The minimum Gasteiger partial charge on any atom is -0.295 e. The number of carbonyl (C=O) groups is 1. The Bertz CT molecular complexity index is 264. The molecule has 0 heterocycles. The smallest absolute Gasteiger partial charge is 0.158 e. The Labute approximate surface area is 80.2 Å². The van der Waals surface area contributed by atoms with E-state index in [0.29, 0.717) is 11.2 Å². The van der Waals surface area contributed by atoms with Crippen molar-refractivity contribution in [2.75, 3.05) is 0 Å². The van der Waals surface area contributed by atoms with Crippen LogP contribution in [0.4, 0.5) is 0 Å². The zero-order chi connectivity index (χ0) is 9.47. The summed E-state index contributed by atoms with van der Waals surface area (Å²) in [7, 11) is 0. The SMILES string of the molecule is C[C@@H]1C[C@]2(C)CCCCC2=CC1=O. The van der Waals surface area contributed by atoms with Crippen LogP contribution in [-0.2, 0) is 4.79 Å². The minimum absolute atomic E-state index is 0.256. The molecule has 0 saturated heterocycles. The average Bonchev–Trinajstić information content (AvgIpc) is 2.07. The largest absolute Gasteiger partial charge is 0.295 e. The Morgan fingerprint density at radius 1 is 1.46 bits per heavy atom. The number of rotatable bonds is 0. The molecular formula is C12H18O. The summed E-state index contributed by atoms with van der Waals surface area (Å²) in [5.74, 6) is 0.612. The minimum atomic E-state index is 0.256. The van der Waals surface area contributed by atoms with Gasteiger partial charge < -0.3 is 0 Å². The fourth-order valence-corrected chi connectivity index (χ4v) is 2.86. The molecule has 0 spiro atoms. The van der Waals surface area contributed by atoms with Crippen LogP contribution in [0.15, 0.2) is 11.6 Å². The molecule has 0 radical (unpaired) electrons. The Morgan fingerprint density at radius 2 is 2.23 bits per heavy atom. The van der Waals surface area contributed by atoms with Gasteiger partial charge in [-0.25, -0.2) is 0 Å². The fourth-order valence-electron chi connectivity index (χ4n) is 2.86. The molecule has 1 nitrogen and oxygen atoms in total. The first-order valence-electron chi connectivity index (χ1n) is 5.37. The molecular weight excluding hydrogens is 160 g/mol. The lowest BCUT2D eigenvalue weighted by Gasteiger charge is -2.41. The first-order chi connectivity index (χ1) is 6.12. The summed E-state index contributed by atoms with van der Waals surface area (Å²) in [6.45, 7) is 4.40. The maximum atomic E-state index is 11.5. The van der Waals surface area contributed by atoms with Crippen molar-refractivity contribution in [1.29, 1.82) is 0 Å². The molecule has 1 heteroatoms. The lowest BCUT2D eigenvalue weighted by Crippen LogP contribution is -2.32. The zero-order valence-corrected chi connectivity index (χ0v) is 8.60. The lowest BCUT2D eigenvalue weighted by molar-refractivity contribution is -0.119. The van der Waals surface area contributed by atoms with Crippen LogP contribution >= 0.6 is 0 Å². The number of ketones is 1. The molecule has 0 N–H and O–H groups in total. The highest BCUT2D eigenvalue weighted by molar-refractivity contribution is 5.93. The predicted octanol–water partition coefficient (Wildman–Crippen LogP) is 3.10. The van der Waals surface area contributed by atoms with Crippen LogP contribution in [0.1, 0.15) is 46.0 Å². The summed E-state index contributed by atoms with van der Waals surface area (Å²) in [5, 5.41) is 0. The molecule has 0 aromatic heterocycles. The molecule has 0 unspecified atom stereocenters. The van der Waals surface area contributed by atoms with Gasteiger partial charge in [0.1, 0.15) is 0 Å². The normalized spacial score (nSPS) is 39.7. The van der Waals surface area contributed by atoms with E-state index < -0.39 is 0 Å². The van der Waals surface area contributed by atoms with E-state index in [0.717, 1.165) is 12.8 Å². The fraction of sp³-hybridized carbons (Fsp3) is 0.750. The van der Waals surface area contributed by atoms with Gasteiger partial charge >= 0.3 is 0 Å².